The van der Waals surface area contributed by atoms with E-state index in [0.717, 1.165) is 15.9 Å². The quantitative estimate of drug-likeness (QED) is 0.924. The normalized spacial score (nSPS) is 10.7. The third kappa shape index (κ3) is 2.67. The highest BCUT2D eigenvalue weighted by Gasteiger charge is 2.11. The fourth-order valence-electron chi connectivity index (χ4n) is 1.68. The second-order valence-corrected chi connectivity index (χ2v) is 5.15. The lowest BCUT2D eigenvalue weighted by molar-refractivity contribution is 0.628. The lowest BCUT2D eigenvalue weighted by atomic mass is 10.3. The molecule has 0 atom stereocenters. The van der Waals surface area contributed by atoms with Crippen LogP contribution < -0.4 is 5.32 Å². The van der Waals surface area contributed by atoms with Crippen molar-refractivity contribution in [2.45, 2.75) is 13.5 Å². The van der Waals surface area contributed by atoms with Crippen LogP contribution in [0.25, 0.3) is 0 Å². The van der Waals surface area contributed by atoms with Crippen molar-refractivity contribution in [3.05, 3.63) is 44.9 Å². The van der Waals surface area contributed by atoms with Gasteiger partial charge in [0.2, 0.25) is 0 Å². The molecule has 0 bridgehead atoms. The van der Waals surface area contributed by atoms with Crippen molar-refractivity contribution < 1.29 is 4.39 Å². The number of halogens is 3. The van der Waals surface area contributed by atoms with E-state index in [4.69, 9.17) is 11.6 Å². The zero-order chi connectivity index (χ0) is 13.3. The average Bonchev–Trinajstić information content (AvgIpc) is 2.55. The number of rotatable bonds is 3. The number of benzene rings is 1. The molecule has 0 amide bonds. The minimum Gasteiger partial charge on any atom is -0.378 e. The summed E-state index contributed by atoms with van der Waals surface area (Å²) in [4.78, 5) is 0. The molecule has 0 spiro atoms. The molecule has 0 fully saturated rings. The van der Waals surface area contributed by atoms with Gasteiger partial charge in [-0.3, -0.25) is 4.68 Å². The fraction of sp³-hybridized carbons (Fsp3) is 0.250. The highest BCUT2D eigenvalue weighted by molar-refractivity contribution is 9.10. The molecule has 2 rings (SSSR count). The Morgan fingerprint density at radius 2 is 2.22 bits per heavy atom. The van der Waals surface area contributed by atoms with E-state index in [9.17, 15) is 4.39 Å². The average molecular weight is 333 g/mol. The van der Waals surface area contributed by atoms with Gasteiger partial charge in [0.15, 0.2) is 0 Å². The van der Waals surface area contributed by atoms with Crippen LogP contribution >= 0.6 is 27.5 Å². The summed E-state index contributed by atoms with van der Waals surface area (Å²) in [5, 5.41) is 7.88. The third-order valence-electron chi connectivity index (χ3n) is 2.64. The van der Waals surface area contributed by atoms with Crippen molar-refractivity contribution in [3.8, 4) is 0 Å². The van der Waals surface area contributed by atoms with E-state index in [2.05, 4.69) is 26.3 Å². The van der Waals surface area contributed by atoms with Crippen LogP contribution in [0.5, 0.6) is 0 Å². The molecule has 1 heterocycles. The van der Waals surface area contributed by atoms with Crippen LogP contribution in [0.2, 0.25) is 5.02 Å². The van der Waals surface area contributed by atoms with Gasteiger partial charge in [0, 0.05) is 7.05 Å². The van der Waals surface area contributed by atoms with Crippen LogP contribution in [0.1, 0.15) is 11.4 Å². The molecule has 0 aliphatic rings. The number of anilines is 1. The first kappa shape index (κ1) is 13.4. The van der Waals surface area contributed by atoms with Crippen molar-refractivity contribution in [1.29, 1.82) is 0 Å². The minimum absolute atomic E-state index is 0.317. The summed E-state index contributed by atoms with van der Waals surface area (Å²) in [6, 6.07) is 4.24. The molecule has 0 aliphatic heterocycles. The maximum absolute atomic E-state index is 13.1. The van der Waals surface area contributed by atoms with E-state index in [0.29, 0.717) is 17.3 Å². The molecule has 1 N–H and O–H groups in total. The lowest BCUT2D eigenvalue weighted by Gasteiger charge is -2.09. The molecule has 6 heteroatoms. The van der Waals surface area contributed by atoms with E-state index in [1.807, 2.05) is 14.0 Å². The van der Waals surface area contributed by atoms with Crippen LogP contribution in [-0.4, -0.2) is 9.78 Å². The monoisotopic (exact) mass is 331 g/mol. The van der Waals surface area contributed by atoms with Gasteiger partial charge < -0.3 is 5.32 Å². The Morgan fingerprint density at radius 3 is 2.83 bits per heavy atom. The van der Waals surface area contributed by atoms with Crippen molar-refractivity contribution in [1.82, 2.24) is 9.78 Å². The SMILES string of the molecule is Cc1nn(C)c(CNc2cc(F)ccc2Cl)c1Br. The van der Waals surface area contributed by atoms with E-state index < -0.39 is 0 Å². The number of hydrogen-bond donors (Lipinski definition) is 1. The van der Waals surface area contributed by atoms with Crippen molar-refractivity contribution in [3.63, 3.8) is 0 Å². The summed E-state index contributed by atoms with van der Waals surface area (Å²) < 4.78 is 15.8. The summed E-state index contributed by atoms with van der Waals surface area (Å²) in [6.07, 6.45) is 0. The maximum atomic E-state index is 13.1. The number of nitrogens with zero attached hydrogens (tertiary/aromatic N) is 2. The second-order valence-electron chi connectivity index (χ2n) is 3.95. The molecule has 96 valence electrons. The van der Waals surface area contributed by atoms with Crippen LogP contribution in [-0.2, 0) is 13.6 Å². The molecule has 0 unspecified atom stereocenters. The van der Waals surface area contributed by atoms with Gasteiger partial charge in [0.25, 0.3) is 0 Å². The first-order chi connectivity index (χ1) is 8.49. The number of hydrogen-bond acceptors (Lipinski definition) is 2. The van der Waals surface area contributed by atoms with Crippen molar-refractivity contribution >= 4 is 33.2 Å². The first-order valence-corrected chi connectivity index (χ1v) is 6.53. The number of aryl methyl sites for hydroxylation is 2. The number of aromatic nitrogens is 2. The van der Waals surface area contributed by atoms with E-state index >= 15 is 0 Å². The van der Waals surface area contributed by atoms with Gasteiger partial charge >= 0.3 is 0 Å². The summed E-state index contributed by atoms with van der Waals surface area (Å²) in [5.41, 5.74) is 2.47. The van der Waals surface area contributed by atoms with Crippen LogP contribution in [0.4, 0.5) is 10.1 Å². The van der Waals surface area contributed by atoms with E-state index in [1.165, 1.54) is 18.2 Å². The van der Waals surface area contributed by atoms with Gasteiger partial charge in [0.1, 0.15) is 5.82 Å². The predicted octanol–water partition coefficient (Wildman–Crippen LogP) is 3.90. The Bertz CT molecular complexity index is 583. The molecule has 0 radical (unpaired) electrons. The molecule has 2 aromatic rings. The minimum atomic E-state index is -0.317. The fourth-order valence-corrected chi connectivity index (χ4v) is 2.34. The van der Waals surface area contributed by atoms with Gasteiger partial charge in [-0.05, 0) is 41.1 Å². The molecular formula is C12H12BrClFN3. The molecule has 3 nitrogen and oxygen atoms in total. The Morgan fingerprint density at radius 1 is 1.50 bits per heavy atom. The van der Waals surface area contributed by atoms with Crippen LogP contribution in [0.3, 0.4) is 0 Å². The molecule has 0 saturated heterocycles. The molecule has 1 aromatic carbocycles. The van der Waals surface area contributed by atoms with Crippen molar-refractivity contribution in [2.24, 2.45) is 7.05 Å². The lowest BCUT2D eigenvalue weighted by Crippen LogP contribution is -2.06. The Labute approximate surface area is 118 Å². The Kier molecular flexibility index (Phi) is 3.92. The topological polar surface area (TPSA) is 29.9 Å². The molecule has 0 saturated carbocycles. The Balaban J connectivity index is 2.19. The Hall–Kier alpha value is -1.07. The summed E-state index contributed by atoms with van der Waals surface area (Å²) in [6.45, 7) is 2.43. The zero-order valence-electron chi connectivity index (χ0n) is 9.97. The van der Waals surface area contributed by atoms with Crippen LogP contribution in [0.15, 0.2) is 22.7 Å². The zero-order valence-corrected chi connectivity index (χ0v) is 12.3. The summed E-state index contributed by atoms with van der Waals surface area (Å²) >= 11 is 9.46. The van der Waals surface area contributed by atoms with Crippen molar-refractivity contribution in [2.75, 3.05) is 5.32 Å². The predicted molar refractivity (Wildman–Crippen MR) is 74.4 cm³/mol. The van der Waals surface area contributed by atoms with Gasteiger partial charge in [-0.2, -0.15) is 5.10 Å². The smallest absolute Gasteiger partial charge is 0.125 e. The van der Waals surface area contributed by atoms with Gasteiger partial charge in [-0.25, -0.2) is 4.39 Å². The molecule has 0 aliphatic carbocycles. The standard InChI is InChI=1S/C12H12BrClFN3/c1-7-12(13)11(18(2)17-7)6-16-10-5-8(15)3-4-9(10)14/h3-5,16H,6H2,1-2H3. The summed E-state index contributed by atoms with van der Waals surface area (Å²) in [7, 11) is 1.86. The molecular weight excluding hydrogens is 321 g/mol. The highest BCUT2D eigenvalue weighted by atomic mass is 79.9. The largest absolute Gasteiger partial charge is 0.378 e. The summed E-state index contributed by atoms with van der Waals surface area (Å²) in [5.74, 6) is -0.317. The first-order valence-electron chi connectivity index (χ1n) is 5.36. The molecule has 1 aromatic heterocycles. The molecule has 18 heavy (non-hydrogen) atoms. The maximum Gasteiger partial charge on any atom is 0.125 e. The second kappa shape index (κ2) is 5.28. The van der Waals surface area contributed by atoms with E-state index in [1.54, 1.807) is 4.68 Å². The van der Waals surface area contributed by atoms with Gasteiger partial charge in [-0.15, -0.1) is 0 Å². The highest BCUT2D eigenvalue weighted by Crippen LogP contribution is 2.25. The van der Waals surface area contributed by atoms with E-state index in [-0.39, 0.29) is 5.82 Å². The van der Waals surface area contributed by atoms with Gasteiger partial charge in [-0.1, -0.05) is 11.6 Å². The van der Waals surface area contributed by atoms with Crippen LogP contribution in [0, 0.1) is 12.7 Å². The third-order valence-corrected chi connectivity index (χ3v) is 4.00. The van der Waals surface area contributed by atoms with Gasteiger partial charge in [0.05, 0.1) is 33.1 Å². The number of nitrogens with one attached hydrogen (secondary N) is 1.